The molecule has 3 aromatic rings. The molecule has 10 heteroatoms. The lowest BCUT2D eigenvalue weighted by molar-refractivity contribution is -0.116. The SMILES string of the molecule is Cl.O=C(CSc1ccc(F)cc1)N(CCCN1CCOCC1)c1nc2ccc(Br)cc2s1. The molecular formula is C22H24BrClFN3O2S2. The molecule has 0 saturated carbocycles. The summed E-state index contributed by atoms with van der Waals surface area (Å²) < 4.78 is 20.6. The van der Waals surface area contributed by atoms with Crippen molar-refractivity contribution in [2.24, 2.45) is 0 Å². The van der Waals surface area contributed by atoms with E-state index in [4.69, 9.17) is 9.72 Å². The highest BCUT2D eigenvalue weighted by Crippen LogP contribution is 2.32. The van der Waals surface area contributed by atoms with Crippen molar-refractivity contribution in [1.29, 1.82) is 0 Å². The van der Waals surface area contributed by atoms with Gasteiger partial charge in [-0.2, -0.15) is 0 Å². The van der Waals surface area contributed by atoms with E-state index >= 15 is 0 Å². The molecule has 172 valence electrons. The summed E-state index contributed by atoms with van der Waals surface area (Å²) in [5.74, 6) is 0.0125. The minimum atomic E-state index is -0.277. The number of fused-ring (bicyclic) bond motifs is 1. The number of halogens is 3. The third-order valence-electron chi connectivity index (χ3n) is 5.01. The van der Waals surface area contributed by atoms with Gasteiger partial charge in [-0.15, -0.1) is 24.2 Å². The normalized spacial score (nSPS) is 14.3. The van der Waals surface area contributed by atoms with Gasteiger partial charge in [-0.25, -0.2) is 9.37 Å². The lowest BCUT2D eigenvalue weighted by Gasteiger charge is -2.27. The van der Waals surface area contributed by atoms with Crippen molar-refractivity contribution in [2.45, 2.75) is 11.3 Å². The van der Waals surface area contributed by atoms with E-state index in [1.54, 1.807) is 17.0 Å². The Bertz CT molecular complexity index is 1030. The van der Waals surface area contributed by atoms with Crippen molar-refractivity contribution in [2.75, 3.05) is 50.0 Å². The first-order valence-electron chi connectivity index (χ1n) is 10.1. The summed E-state index contributed by atoms with van der Waals surface area (Å²) in [6, 6.07) is 12.2. The maximum atomic E-state index is 13.2. The number of carbonyl (C=O) groups excluding carboxylic acids is 1. The maximum Gasteiger partial charge on any atom is 0.239 e. The van der Waals surface area contributed by atoms with Gasteiger partial charge in [0.25, 0.3) is 0 Å². The van der Waals surface area contributed by atoms with Crippen molar-refractivity contribution in [1.82, 2.24) is 9.88 Å². The molecule has 1 saturated heterocycles. The zero-order valence-electron chi connectivity index (χ0n) is 17.3. The fourth-order valence-corrected chi connectivity index (χ4v) is 5.70. The van der Waals surface area contributed by atoms with Crippen LogP contribution in [0.15, 0.2) is 51.8 Å². The highest BCUT2D eigenvalue weighted by atomic mass is 79.9. The summed E-state index contributed by atoms with van der Waals surface area (Å²) >= 11 is 6.45. The highest BCUT2D eigenvalue weighted by Gasteiger charge is 2.21. The number of carbonyl (C=O) groups is 1. The molecule has 0 aliphatic carbocycles. The van der Waals surface area contributed by atoms with Crippen molar-refractivity contribution in [3.05, 3.63) is 52.8 Å². The van der Waals surface area contributed by atoms with Crippen LogP contribution in [0.1, 0.15) is 6.42 Å². The van der Waals surface area contributed by atoms with E-state index in [1.807, 2.05) is 18.2 Å². The van der Waals surface area contributed by atoms with E-state index in [0.29, 0.717) is 6.54 Å². The Kier molecular flexibility index (Phi) is 9.76. The van der Waals surface area contributed by atoms with E-state index in [1.165, 1.54) is 35.2 Å². The minimum Gasteiger partial charge on any atom is -0.379 e. The van der Waals surface area contributed by atoms with Gasteiger partial charge in [0.1, 0.15) is 5.82 Å². The maximum absolute atomic E-state index is 13.2. The Morgan fingerprint density at radius 1 is 1.22 bits per heavy atom. The number of thioether (sulfide) groups is 1. The van der Waals surface area contributed by atoms with Crippen LogP contribution in [0.5, 0.6) is 0 Å². The first-order chi connectivity index (χ1) is 15.1. The Morgan fingerprint density at radius 2 is 1.97 bits per heavy atom. The molecule has 0 unspecified atom stereocenters. The van der Waals surface area contributed by atoms with E-state index < -0.39 is 0 Å². The largest absolute Gasteiger partial charge is 0.379 e. The van der Waals surface area contributed by atoms with Crippen molar-refractivity contribution in [3.63, 3.8) is 0 Å². The summed E-state index contributed by atoms with van der Waals surface area (Å²) in [5.41, 5.74) is 0.889. The number of ether oxygens (including phenoxy) is 1. The van der Waals surface area contributed by atoms with E-state index in [9.17, 15) is 9.18 Å². The quantitative estimate of drug-likeness (QED) is 0.342. The fourth-order valence-electron chi connectivity index (χ4n) is 3.36. The third-order valence-corrected chi connectivity index (χ3v) is 7.54. The molecular weight excluding hydrogens is 537 g/mol. The van der Waals surface area contributed by atoms with Crippen LogP contribution in [0.2, 0.25) is 0 Å². The minimum absolute atomic E-state index is 0. The lowest BCUT2D eigenvalue weighted by Crippen LogP contribution is -2.39. The van der Waals surface area contributed by atoms with Crippen molar-refractivity contribution in [3.8, 4) is 0 Å². The van der Waals surface area contributed by atoms with Gasteiger partial charge < -0.3 is 4.74 Å². The third kappa shape index (κ3) is 6.88. The molecule has 1 fully saturated rings. The van der Waals surface area contributed by atoms with Crippen LogP contribution >= 0.6 is 51.4 Å². The van der Waals surface area contributed by atoms with Crippen LogP contribution in [0.4, 0.5) is 9.52 Å². The Balaban J connectivity index is 0.00000289. The number of aromatic nitrogens is 1. The number of nitrogens with zero attached hydrogens (tertiary/aromatic N) is 3. The number of benzene rings is 2. The van der Waals surface area contributed by atoms with Gasteiger partial charge in [-0.3, -0.25) is 14.6 Å². The van der Waals surface area contributed by atoms with Crippen LogP contribution in [0, 0.1) is 5.82 Å². The number of morpholine rings is 1. The fraction of sp³-hybridized carbons (Fsp3) is 0.364. The van der Waals surface area contributed by atoms with Crippen LogP contribution in [0.25, 0.3) is 10.2 Å². The molecule has 0 radical (unpaired) electrons. The van der Waals surface area contributed by atoms with Gasteiger partial charge >= 0.3 is 0 Å². The molecule has 1 amide bonds. The zero-order chi connectivity index (χ0) is 21.6. The molecule has 32 heavy (non-hydrogen) atoms. The van der Waals surface area contributed by atoms with E-state index in [2.05, 4.69) is 20.8 Å². The molecule has 2 heterocycles. The van der Waals surface area contributed by atoms with Crippen LogP contribution in [-0.2, 0) is 9.53 Å². The molecule has 1 aromatic heterocycles. The lowest BCUT2D eigenvalue weighted by atomic mass is 10.3. The van der Waals surface area contributed by atoms with Gasteiger partial charge in [0, 0.05) is 35.5 Å². The highest BCUT2D eigenvalue weighted by molar-refractivity contribution is 9.10. The molecule has 2 aromatic carbocycles. The number of hydrogen-bond donors (Lipinski definition) is 0. The second kappa shape index (κ2) is 12.3. The number of rotatable bonds is 8. The average Bonchev–Trinajstić information content (AvgIpc) is 3.19. The van der Waals surface area contributed by atoms with Gasteiger partial charge in [-0.1, -0.05) is 27.3 Å². The molecule has 0 N–H and O–H groups in total. The molecule has 1 aliphatic heterocycles. The van der Waals surface area contributed by atoms with E-state index in [-0.39, 0.29) is 29.9 Å². The topological polar surface area (TPSA) is 45.7 Å². The van der Waals surface area contributed by atoms with Gasteiger partial charge in [0.15, 0.2) is 5.13 Å². The number of anilines is 1. The molecule has 0 bridgehead atoms. The molecule has 5 nitrogen and oxygen atoms in total. The van der Waals surface area contributed by atoms with Gasteiger partial charge in [-0.05, 0) is 48.9 Å². The molecule has 4 rings (SSSR count). The second-order valence-corrected chi connectivity index (χ2v) is 10.2. The molecule has 1 aliphatic rings. The van der Waals surface area contributed by atoms with E-state index in [0.717, 1.165) is 64.0 Å². The first-order valence-corrected chi connectivity index (χ1v) is 12.7. The Hall–Kier alpha value is -1.23. The molecule has 0 spiro atoms. The summed E-state index contributed by atoms with van der Waals surface area (Å²) in [6.45, 7) is 4.94. The summed E-state index contributed by atoms with van der Waals surface area (Å²) in [6.07, 6.45) is 0.868. The van der Waals surface area contributed by atoms with Gasteiger partial charge in [0.05, 0.1) is 29.2 Å². The standard InChI is InChI=1S/C22H23BrFN3O2S2.ClH/c23-16-2-7-19-20(14-16)31-22(25-19)27(9-1-8-26-10-12-29-13-11-26)21(28)15-30-18-5-3-17(24)4-6-18;/h2-7,14H,1,8-13,15H2;1H. The molecule has 0 atom stereocenters. The second-order valence-electron chi connectivity index (χ2n) is 7.20. The summed E-state index contributed by atoms with van der Waals surface area (Å²) in [4.78, 5) is 22.9. The monoisotopic (exact) mass is 559 g/mol. The zero-order valence-corrected chi connectivity index (χ0v) is 21.4. The average molecular weight is 561 g/mol. The number of amides is 1. The first kappa shape index (κ1) is 25.4. The Labute approximate surface area is 209 Å². The van der Waals surface area contributed by atoms with Crippen LogP contribution < -0.4 is 4.90 Å². The van der Waals surface area contributed by atoms with Gasteiger partial charge in [0.2, 0.25) is 5.91 Å². The predicted molar refractivity (Wildman–Crippen MR) is 136 cm³/mol. The van der Waals surface area contributed by atoms with Crippen LogP contribution in [-0.4, -0.2) is 60.9 Å². The number of hydrogen-bond acceptors (Lipinski definition) is 6. The Morgan fingerprint density at radius 3 is 2.72 bits per heavy atom. The predicted octanol–water partition coefficient (Wildman–Crippen LogP) is 5.47. The summed E-state index contributed by atoms with van der Waals surface area (Å²) in [5, 5.41) is 0.722. The van der Waals surface area contributed by atoms with Crippen molar-refractivity contribution < 1.29 is 13.9 Å². The number of thiazole rings is 1. The van der Waals surface area contributed by atoms with Crippen molar-refractivity contribution >= 4 is 72.7 Å². The summed E-state index contributed by atoms with van der Waals surface area (Å²) in [7, 11) is 0. The smallest absolute Gasteiger partial charge is 0.239 e. The van der Waals surface area contributed by atoms with Crippen LogP contribution in [0.3, 0.4) is 0 Å².